The Balaban J connectivity index is 1.65. The van der Waals surface area contributed by atoms with E-state index >= 15 is 0 Å². The molecule has 1 N–H and O–H groups in total. The van der Waals surface area contributed by atoms with E-state index < -0.39 is 11.0 Å². The largest absolute Gasteiger partial charge is 0.354 e. The first-order chi connectivity index (χ1) is 12.5. The Bertz CT molecular complexity index is 942. The minimum Gasteiger partial charge on any atom is -0.354 e. The van der Waals surface area contributed by atoms with E-state index in [1.165, 1.54) is 0 Å². The molecule has 1 aromatic carbocycles. The molecule has 1 unspecified atom stereocenters. The molecule has 0 bridgehead atoms. The molecule has 0 amide bonds. The van der Waals surface area contributed by atoms with E-state index in [9.17, 15) is 4.21 Å². The van der Waals surface area contributed by atoms with Crippen molar-refractivity contribution in [2.24, 2.45) is 0 Å². The van der Waals surface area contributed by atoms with Gasteiger partial charge in [0.2, 0.25) is 0 Å². The molecule has 2 aromatic heterocycles. The quantitative estimate of drug-likeness (QED) is 0.747. The molecular formula is C18H20ClN5OS. The van der Waals surface area contributed by atoms with Gasteiger partial charge in [0.05, 0.1) is 27.0 Å². The Morgan fingerprint density at radius 1 is 1.31 bits per heavy atom. The summed E-state index contributed by atoms with van der Waals surface area (Å²) in [7, 11) is -0.950. The van der Waals surface area contributed by atoms with Gasteiger partial charge in [-0.1, -0.05) is 23.7 Å². The summed E-state index contributed by atoms with van der Waals surface area (Å²) in [5.74, 6) is 1.60. The van der Waals surface area contributed by atoms with Crippen LogP contribution in [0.25, 0.3) is 22.4 Å². The van der Waals surface area contributed by atoms with Gasteiger partial charge in [0, 0.05) is 43.7 Å². The van der Waals surface area contributed by atoms with Gasteiger partial charge in [0.25, 0.3) is 0 Å². The number of H-pyrrole nitrogens is 1. The van der Waals surface area contributed by atoms with Crippen LogP contribution in [0.4, 0.5) is 5.82 Å². The fraction of sp³-hybridized carbons (Fsp3) is 0.333. The average molecular weight is 390 g/mol. The summed E-state index contributed by atoms with van der Waals surface area (Å²) in [6.45, 7) is 4.38. The van der Waals surface area contributed by atoms with Gasteiger partial charge in [-0.05, 0) is 25.1 Å². The number of aromatic amines is 1. The van der Waals surface area contributed by atoms with E-state index in [4.69, 9.17) is 11.6 Å². The molecule has 26 heavy (non-hydrogen) atoms. The highest BCUT2D eigenvalue weighted by Gasteiger charge is 2.27. The molecule has 1 fully saturated rings. The zero-order chi connectivity index (χ0) is 18.3. The van der Waals surface area contributed by atoms with Crippen molar-refractivity contribution >= 4 is 39.4 Å². The van der Waals surface area contributed by atoms with Crippen molar-refractivity contribution in [3.05, 3.63) is 41.6 Å². The molecule has 1 aliphatic heterocycles. The maximum Gasteiger partial charge on any atom is 0.140 e. The molecule has 0 spiro atoms. The number of anilines is 1. The molecular weight excluding hydrogens is 370 g/mol. The predicted molar refractivity (Wildman–Crippen MR) is 107 cm³/mol. The van der Waals surface area contributed by atoms with Gasteiger partial charge < -0.3 is 9.88 Å². The molecule has 0 radical (unpaired) electrons. The molecule has 8 heteroatoms. The summed E-state index contributed by atoms with van der Waals surface area (Å²) in [5.41, 5.74) is 2.72. The molecule has 1 aliphatic rings. The number of hydrogen-bond acceptors (Lipinski definition) is 4. The maximum atomic E-state index is 11.8. The molecule has 6 nitrogen and oxygen atoms in total. The van der Waals surface area contributed by atoms with Crippen LogP contribution in [0, 0.1) is 0 Å². The van der Waals surface area contributed by atoms with Crippen LogP contribution in [0.5, 0.6) is 0 Å². The van der Waals surface area contributed by atoms with Crippen molar-refractivity contribution in [3.63, 3.8) is 0 Å². The number of rotatable bonds is 3. The lowest BCUT2D eigenvalue weighted by atomic mass is 10.2. The van der Waals surface area contributed by atoms with Crippen molar-refractivity contribution in [1.82, 2.24) is 19.3 Å². The van der Waals surface area contributed by atoms with Gasteiger partial charge in [-0.15, -0.1) is 0 Å². The fourth-order valence-electron chi connectivity index (χ4n) is 3.39. The summed E-state index contributed by atoms with van der Waals surface area (Å²) in [5, 5.41) is 0.564. The summed E-state index contributed by atoms with van der Waals surface area (Å²) in [6.07, 6.45) is 3.40. The van der Waals surface area contributed by atoms with Gasteiger partial charge >= 0.3 is 0 Å². The number of nitrogens with one attached hydrogen (secondary N) is 1. The van der Waals surface area contributed by atoms with E-state index in [2.05, 4.69) is 26.8 Å². The first kappa shape index (κ1) is 17.5. The average Bonchev–Trinajstić information content (AvgIpc) is 3.05. The number of aromatic nitrogens is 3. The van der Waals surface area contributed by atoms with Crippen LogP contribution in [0.3, 0.4) is 0 Å². The second-order valence-electron chi connectivity index (χ2n) is 6.48. The van der Waals surface area contributed by atoms with Crippen molar-refractivity contribution in [3.8, 4) is 11.4 Å². The molecule has 136 valence electrons. The van der Waals surface area contributed by atoms with E-state index in [-0.39, 0.29) is 6.04 Å². The second-order valence-corrected chi connectivity index (χ2v) is 8.21. The van der Waals surface area contributed by atoms with E-state index in [1.807, 2.05) is 34.6 Å². The number of hydrogen-bond donors (Lipinski definition) is 1. The van der Waals surface area contributed by atoms with Crippen LogP contribution in [-0.4, -0.2) is 55.4 Å². The van der Waals surface area contributed by atoms with Crippen LogP contribution >= 0.6 is 11.6 Å². The van der Waals surface area contributed by atoms with Crippen molar-refractivity contribution in [2.45, 2.75) is 13.0 Å². The molecule has 3 aromatic rings. The van der Waals surface area contributed by atoms with Gasteiger partial charge in [-0.25, -0.2) is 18.5 Å². The second kappa shape index (κ2) is 6.98. The standard InChI is InChI=1S/C18H20ClN5OS/c1-12-11-23(7-8-24(12)26(2)25)17-9-13(14(19)10-20-17)18-21-15-5-3-4-6-16(15)22-18/h3-6,9-10,12H,7-8,11H2,1-2H3,(H,21,22)/t12-,26?/m0/s1. The highest BCUT2D eigenvalue weighted by atomic mass is 35.5. The number of para-hydroxylation sites is 2. The number of piperazine rings is 1. The maximum absolute atomic E-state index is 11.8. The van der Waals surface area contributed by atoms with Gasteiger partial charge in [0.1, 0.15) is 11.6 Å². The molecule has 0 aliphatic carbocycles. The summed E-state index contributed by atoms with van der Waals surface area (Å²) >= 11 is 6.40. The number of fused-ring (bicyclic) bond motifs is 1. The summed E-state index contributed by atoms with van der Waals surface area (Å²) < 4.78 is 13.8. The first-order valence-electron chi connectivity index (χ1n) is 8.48. The third kappa shape index (κ3) is 3.22. The first-order valence-corrected chi connectivity index (χ1v) is 10.4. The zero-order valence-electron chi connectivity index (χ0n) is 14.6. The van der Waals surface area contributed by atoms with Crippen molar-refractivity contribution in [1.29, 1.82) is 0 Å². The Morgan fingerprint density at radius 3 is 2.85 bits per heavy atom. The van der Waals surface area contributed by atoms with Crippen molar-refractivity contribution < 1.29 is 4.21 Å². The smallest absolute Gasteiger partial charge is 0.140 e. The van der Waals surface area contributed by atoms with Crippen LogP contribution < -0.4 is 4.90 Å². The SMILES string of the molecule is C[C@H]1CN(c2cc(-c3nc4ccccc4[nH]3)c(Cl)cn2)CCN1S(C)=O. The Morgan fingerprint density at radius 2 is 2.12 bits per heavy atom. The molecule has 0 saturated carbocycles. The van der Waals surface area contributed by atoms with Gasteiger partial charge in [-0.3, -0.25) is 0 Å². The summed E-state index contributed by atoms with van der Waals surface area (Å²) in [4.78, 5) is 14.7. The highest BCUT2D eigenvalue weighted by Crippen LogP contribution is 2.30. The third-order valence-corrected chi connectivity index (χ3v) is 6.21. The number of nitrogens with zero attached hydrogens (tertiary/aromatic N) is 4. The lowest BCUT2D eigenvalue weighted by molar-refractivity contribution is 0.323. The molecule has 3 heterocycles. The number of pyridine rings is 1. The number of benzene rings is 1. The van der Waals surface area contributed by atoms with E-state index in [1.54, 1.807) is 12.5 Å². The minimum atomic E-state index is -0.950. The Labute approximate surface area is 159 Å². The number of halogens is 1. The van der Waals surface area contributed by atoms with E-state index in [0.717, 1.165) is 47.9 Å². The Kier molecular flexibility index (Phi) is 4.69. The van der Waals surface area contributed by atoms with Crippen LogP contribution in [0.2, 0.25) is 5.02 Å². The predicted octanol–water partition coefficient (Wildman–Crippen LogP) is 3.08. The van der Waals surface area contributed by atoms with Crippen LogP contribution in [-0.2, 0) is 11.0 Å². The van der Waals surface area contributed by atoms with Gasteiger partial charge in [-0.2, -0.15) is 0 Å². The van der Waals surface area contributed by atoms with Gasteiger partial charge in [0.15, 0.2) is 0 Å². The fourth-order valence-corrected chi connectivity index (χ4v) is 4.50. The van der Waals surface area contributed by atoms with E-state index in [0.29, 0.717) is 5.02 Å². The lowest BCUT2D eigenvalue weighted by Gasteiger charge is -2.38. The lowest BCUT2D eigenvalue weighted by Crippen LogP contribution is -2.52. The van der Waals surface area contributed by atoms with Crippen LogP contribution in [0.15, 0.2) is 36.5 Å². The normalized spacial score (nSPS) is 19.8. The third-order valence-electron chi connectivity index (χ3n) is 4.71. The monoisotopic (exact) mass is 389 g/mol. The number of imidazole rings is 1. The summed E-state index contributed by atoms with van der Waals surface area (Å²) in [6, 6.07) is 10.1. The molecule has 1 saturated heterocycles. The van der Waals surface area contributed by atoms with Crippen LogP contribution in [0.1, 0.15) is 6.92 Å². The molecule has 4 rings (SSSR count). The topological polar surface area (TPSA) is 65.1 Å². The zero-order valence-corrected chi connectivity index (χ0v) is 16.2. The van der Waals surface area contributed by atoms with Crippen molar-refractivity contribution in [2.75, 3.05) is 30.8 Å². The molecule has 2 atom stereocenters. The highest BCUT2D eigenvalue weighted by molar-refractivity contribution is 7.81. The minimum absolute atomic E-state index is 0.196. The Hall–Kier alpha value is -1.96.